The van der Waals surface area contributed by atoms with Crippen LogP contribution in [0.1, 0.15) is 17.8 Å². The van der Waals surface area contributed by atoms with Gasteiger partial charge >= 0.3 is 5.82 Å². The fourth-order valence-electron chi connectivity index (χ4n) is 2.30. The normalized spacial score (nSPS) is 11.8. The Bertz CT molecular complexity index is 774. The minimum atomic E-state index is -0.837. The van der Waals surface area contributed by atoms with Crippen molar-refractivity contribution in [2.24, 2.45) is 0 Å². The molecule has 9 heteroatoms. The van der Waals surface area contributed by atoms with E-state index in [0.29, 0.717) is 11.6 Å². The number of rotatable bonds is 9. The van der Waals surface area contributed by atoms with Gasteiger partial charge in [0.15, 0.2) is 0 Å². The third-order valence-electron chi connectivity index (χ3n) is 3.70. The molecule has 1 heterocycles. The van der Waals surface area contributed by atoms with Crippen LogP contribution in [-0.4, -0.2) is 44.7 Å². The molecule has 0 fully saturated rings. The zero-order chi connectivity index (χ0) is 19.1. The van der Waals surface area contributed by atoms with Crippen molar-refractivity contribution < 1.29 is 19.6 Å². The number of hydrogen-bond acceptors (Lipinski definition) is 6. The molecule has 1 unspecified atom stereocenters. The molecule has 0 saturated carbocycles. The van der Waals surface area contributed by atoms with Crippen molar-refractivity contribution in [2.45, 2.75) is 32.9 Å². The highest BCUT2D eigenvalue weighted by atomic mass is 16.6. The Morgan fingerprint density at radius 3 is 2.88 bits per heavy atom. The van der Waals surface area contributed by atoms with Crippen molar-refractivity contribution >= 4 is 11.7 Å². The van der Waals surface area contributed by atoms with Crippen molar-refractivity contribution in [3.05, 3.63) is 52.0 Å². The van der Waals surface area contributed by atoms with Gasteiger partial charge in [0, 0.05) is 26.4 Å². The van der Waals surface area contributed by atoms with E-state index in [4.69, 9.17) is 4.74 Å². The number of imidazole rings is 1. The number of carbonyl (C=O) groups excluding carboxylic acids is 1. The SMILES string of the molecule is Cc1cccc(OCC(O)CNC(=O)CCn2cc([N+](=O)[O-])nc2C)c1. The van der Waals surface area contributed by atoms with Crippen molar-refractivity contribution in [3.63, 3.8) is 0 Å². The van der Waals surface area contributed by atoms with Crippen LogP contribution in [0.5, 0.6) is 5.75 Å². The first-order valence-corrected chi connectivity index (χ1v) is 8.17. The van der Waals surface area contributed by atoms with E-state index < -0.39 is 11.0 Å². The molecule has 26 heavy (non-hydrogen) atoms. The maximum atomic E-state index is 11.9. The average Bonchev–Trinajstić information content (AvgIpc) is 2.97. The number of aryl methyl sites for hydroxylation is 3. The number of ether oxygens (including phenoxy) is 1. The zero-order valence-corrected chi connectivity index (χ0v) is 14.7. The first-order chi connectivity index (χ1) is 12.3. The molecule has 0 radical (unpaired) electrons. The number of aliphatic hydroxyl groups is 1. The molecule has 0 aliphatic carbocycles. The van der Waals surface area contributed by atoms with Gasteiger partial charge in [0.2, 0.25) is 11.7 Å². The molecular weight excluding hydrogens is 340 g/mol. The summed E-state index contributed by atoms with van der Waals surface area (Å²) in [6.45, 7) is 3.98. The number of aliphatic hydroxyl groups excluding tert-OH is 1. The Balaban J connectivity index is 1.70. The van der Waals surface area contributed by atoms with Gasteiger partial charge in [-0.2, -0.15) is 0 Å². The summed E-state index contributed by atoms with van der Waals surface area (Å²) in [4.78, 5) is 25.8. The molecule has 9 nitrogen and oxygen atoms in total. The molecule has 140 valence electrons. The minimum absolute atomic E-state index is 0.0632. The maximum absolute atomic E-state index is 11.9. The van der Waals surface area contributed by atoms with Crippen LogP contribution >= 0.6 is 0 Å². The van der Waals surface area contributed by atoms with Gasteiger partial charge in [-0.1, -0.05) is 12.1 Å². The summed E-state index contributed by atoms with van der Waals surface area (Å²) in [5.41, 5.74) is 1.06. The quantitative estimate of drug-likeness (QED) is 0.513. The molecule has 2 aromatic rings. The Kier molecular flexibility index (Phi) is 6.67. The summed E-state index contributed by atoms with van der Waals surface area (Å²) in [5.74, 6) is 0.616. The molecule has 1 atom stereocenters. The number of benzene rings is 1. The van der Waals surface area contributed by atoms with E-state index in [9.17, 15) is 20.0 Å². The summed E-state index contributed by atoms with van der Waals surface area (Å²) in [6, 6.07) is 7.46. The standard InChI is InChI=1S/C17H22N4O5/c1-12-4-3-5-15(8-12)26-11-14(22)9-18-17(23)6-7-20-10-16(21(24)25)19-13(20)2/h3-5,8,10,14,22H,6-7,9,11H2,1-2H3,(H,18,23). The van der Waals surface area contributed by atoms with E-state index >= 15 is 0 Å². The van der Waals surface area contributed by atoms with Gasteiger partial charge in [0.1, 0.15) is 24.7 Å². The van der Waals surface area contributed by atoms with E-state index in [0.717, 1.165) is 5.56 Å². The maximum Gasteiger partial charge on any atom is 0.381 e. The summed E-state index contributed by atoms with van der Waals surface area (Å²) < 4.78 is 7.02. The number of nitro groups is 1. The number of amides is 1. The molecular formula is C17H22N4O5. The molecule has 0 spiro atoms. The topological polar surface area (TPSA) is 120 Å². The lowest BCUT2D eigenvalue weighted by atomic mass is 10.2. The highest BCUT2D eigenvalue weighted by Crippen LogP contribution is 2.12. The van der Waals surface area contributed by atoms with E-state index in [-0.39, 0.29) is 37.8 Å². The smallest absolute Gasteiger partial charge is 0.381 e. The number of hydrogen-bond donors (Lipinski definition) is 2. The van der Waals surface area contributed by atoms with Crippen LogP contribution in [0.25, 0.3) is 0 Å². The van der Waals surface area contributed by atoms with Crippen molar-refractivity contribution in [1.82, 2.24) is 14.9 Å². The lowest BCUT2D eigenvalue weighted by molar-refractivity contribution is -0.389. The molecule has 0 aliphatic heterocycles. The van der Waals surface area contributed by atoms with Gasteiger partial charge in [-0.3, -0.25) is 4.79 Å². The van der Waals surface area contributed by atoms with Gasteiger partial charge in [0.25, 0.3) is 0 Å². The van der Waals surface area contributed by atoms with Gasteiger partial charge in [0.05, 0.1) is 0 Å². The molecule has 2 N–H and O–H groups in total. The van der Waals surface area contributed by atoms with Crippen molar-refractivity contribution in [1.29, 1.82) is 0 Å². The molecule has 1 aromatic carbocycles. The van der Waals surface area contributed by atoms with E-state index in [1.165, 1.54) is 6.20 Å². The van der Waals surface area contributed by atoms with Gasteiger partial charge in [-0.05, 0) is 34.5 Å². The fourth-order valence-corrected chi connectivity index (χ4v) is 2.30. The fraction of sp³-hybridized carbons (Fsp3) is 0.412. The van der Waals surface area contributed by atoms with Crippen LogP contribution in [0.3, 0.4) is 0 Å². The Morgan fingerprint density at radius 1 is 1.46 bits per heavy atom. The monoisotopic (exact) mass is 362 g/mol. The zero-order valence-electron chi connectivity index (χ0n) is 14.7. The van der Waals surface area contributed by atoms with E-state index in [1.54, 1.807) is 17.6 Å². The second kappa shape index (κ2) is 8.95. The first-order valence-electron chi connectivity index (χ1n) is 8.17. The molecule has 2 rings (SSSR count). The highest BCUT2D eigenvalue weighted by Gasteiger charge is 2.16. The van der Waals surface area contributed by atoms with Gasteiger partial charge < -0.3 is 29.8 Å². The number of carbonyl (C=O) groups is 1. The summed E-state index contributed by atoms with van der Waals surface area (Å²) >= 11 is 0. The van der Waals surface area contributed by atoms with Crippen LogP contribution < -0.4 is 10.1 Å². The van der Waals surface area contributed by atoms with Crippen LogP contribution in [0, 0.1) is 24.0 Å². The third kappa shape index (κ3) is 5.85. The molecule has 0 saturated heterocycles. The number of nitrogens with one attached hydrogen (secondary N) is 1. The Labute approximate surface area is 150 Å². The van der Waals surface area contributed by atoms with Crippen LogP contribution in [-0.2, 0) is 11.3 Å². The first kappa shape index (κ1) is 19.4. The predicted molar refractivity (Wildman–Crippen MR) is 93.9 cm³/mol. The Morgan fingerprint density at radius 2 is 2.23 bits per heavy atom. The van der Waals surface area contributed by atoms with Crippen molar-refractivity contribution in [3.8, 4) is 5.75 Å². The number of aromatic nitrogens is 2. The third-order valence-corrected chi connectivity index (χ3v) is 3.70. The van der Waals surface area contributed by atoms with E-state index in [1.807, 2.05) is 25.1 Å². The lowest BCUT2D eigenvalue weighted by Crippen LogP contribution is -2.35. The highest BCUT2D eigenvalue weighted by molar-refractivity contribution is 5.75. The molecule has 1 amide bonds. The predicted octanol–water partition coefficient (Wildman–Crippen LogP) is 1.35. The summed E-state index contributed by atoms with van der Waals surface area (Å²) in [6.07, 6.45) is 0.586. The second-order valence-electron chi connectivity index (χ2n) is 5.93. The summed E-state index contributed by atoms with van der Waals surface area (Å²) in [5, 5.41) is 23.2. The van der Waals surface area contributed by atoms with E-state index in [2.05, 4.69) is 10.3 Å². The molecule has 0 aliphatic rings. The summed E-state index contributed by atoms with van der Waals surface area (Å²) in [7, 11) is 0. The van der Waals surface area contributed by atoms with Gasteiger partial charge in [-0.15, -0.1) is 0 Å². The Hall–Kier alpha value is -2.94. The van der Waals surface area contributed by atoms with Gasteiger partial charge in [-0.25, -0.2) is 0 Å². The van der Waals surface area contributed by atoms with Crippen LogP contribution in [0.15, 0.2) is 30.5 Å². The minimum Gasteiger partial charge on any atom is -0.491 e. The van der Waals surface area contributed by atoms with Crippen molar-refractivity contribution in [2.75, 3.05) is 13.2 Å². The largest absolute Gasteiger partial charge is 0.491 e. The molecule has 1 aromatic heterocycles. The molecule has 0 bridgehead atoms. The number of nitrogens with zero attached hydrogens (tertiary/aromatic N) is 3. The average molecular weight is 362 g/mol. The lowest BCUT2D eigenvalue weighted by Gasteiger charge is -2.13. The second-order valence-corrected chi connectivity index (χ2v) is 5.93. The van der Waals surface area contributed by atoms with Crippen LogP contribution in [0.2, 0.25) is 0 Å². The van der Waals surface area contributed by atoms with Crippen LogP contribution in [0.4, 0.5) is 5.82 Å².